The number of nitrogens with one attached hydrogen (secondary N) is 1. The van der Waals surface area contributed by atoms with Crippen LogP contribution in [0, 0.1) is 0 Å². The van der Waals surface area contributed by atoms with Crippen molar-refractivity contribution in [3.63, 3.8) is 0 Å². The van der Waals surface area contributed by atoms with Gasteiger partial charge < -0.3 is 10.2 Å². The normalized spacial score (nSPS) is 20.5. The van der Waals surface area contributed by atoms with E-state index >= 15 is 0 Å². The average Bonchev–Trinajstić information content (AvgIpc) is 2.45. The SMILES string of the molecule is CN1CCCCC1CCCNc1ccccc1C(C)(C)C. The summed E-state index contributed by atoms with van der Waals surface area (Å²) in [6, 6.07) is 9.54. The third kappa shape index (κ3) is 4.74. The lowest BCUT2D eigenvalue weighted by molar-refractivity contribution is 0.175. The highest BCUT2D eigenvalue weighted by molar-refractivity contribution is 5.54. The number of para-hydroxylation sites is 1. The summed E-state index contributed by atoms with van der Waals surface area (Å²) in [7, 11) is 2.28. The van der Waals surface area contributed by atoms with E-state index in [0.29, 0.717) is 0 Å². The fourth-order valence-electron chi connectivity index (χ4n) is 3.36. The van der Waals surface area contributed by atoms with Crippen LogP contribution in [-0.4, -0.2) is 31.1 Å². The molecule has 0 bridgehead atoms. The Kier molecular flexibility index (Phi) is 5.69. The summed E-state index contributed by atoms with van der Waals surface area (Å²) in [5.41, 5.74) is 2.93. The molecule has 1 atom stereocenters. The second-order valence-corrected chi connectivity index (χ2v) is 7.49. The molecule has 21 heavy (non-hydrogen) atoms. The Hall–Kier alpha value is -1.02. The molecule has 118 valence electrons. The molecule has 0 amide bonds. The highest BCUT2D eigenvalue weighted by Crippen LogP contribution is 2.29. The molecule has 1 aromatic carbocycles. The molecule has 2 nitrogen and oxygen atoms in total. The highest BCUT2D eigenvalue weighted by Gasteiger charge is 2.19. The average molecular weight is 288 g/mol. The predicted molar refractivity (Wildman–Crippen MR) is 93.1 cm³/mol. The molecule has 1 fully saturated rings. The van der Waals surface area contributed by atoms with Crippen molar-refractivity contribution in [3.05, 3.63) is 29.8 Å². The summed E-state index contributed by atoms with van der Waals surface area (Å²) in [5, 5.41) is 3.66. The van der Waals surface area contributed by atoms with Crippen LogP contribution in [0.5, 0.6) is 0 Å². The van der Waals surface area contributed by atoms with E-state index in [1.165, 1.54) is 49.9 Å². The fourth-order valence-corrected chi connectivity index (χ4v) is 3.36. The van der Waals surface area contributed by atoms with E-state index in [0.717, 1.165) is 12.6 Å². The Labute approximate surface area is 130 Å². The summed E-state index contributed by atoms with van der Waals surface area (Å²) >= 11 is 0. The quantitative estimate of drug-likeness (QED) is 0.793. The van der Waals surface area contributed by atoms with Crippen LogP contribution in [0.15, 0.2) is 24.3 Å². The van der Waals surface area contributed by atoms with Crippen LogP contribution in [0.1, 0.15) is 58.4 Å². The van der Waals surface area contributed by atoms with Gasteiger partial charge in [-0.3, -0.25) is 0 Å². The van der Waals surface area contributed by atoms with E-state index in [1.807, 2.05) is 0 Å². The Morgan fingerprint density at radius 2 is 1.95 bits per heavy atom. The largest absolute Gasteiger partial charge is 0.385 e. The molecule has 0 radical (unpaired) electrons. The number of piperidine rings is 1. The van der Waals surface area contributed by atoms with E-state index in [4.69, 9.17) is 0 Å². The van der Waals surface area contributed by atoms with Crippen molar-refractivity contribution in [1.82, 2.24) is 4.90 Å². The molecule has 1 aliphatic heterocycles. The number of benzene rings is 1. The maximum absolute atomic E-state index is 3.66. The van der Waals surface area contributed by atoms with Gasteiger partial charge in [-0.15, -0.1) is 0 Å². The Bertz CT molecular complexity index is 433. The van der Waals surface area contributed by atoms with E-state index in [1.54, 1.807) is 0 Å². The molecule has 1 N–H and O–H groups in total. The van der Waals surface area contributed by atoms with Gasteiger partial charge >= 0.3 is 0 Å². The van der Waals surface area contributed by atoms with Crippen LogP contribution in [0.3, 0.4) is 0 Å². The van der Waals surface area contributed by atoms with Crippen molar-refractivity contribution >= 4 is 5.69 Å². The predicted octanol–water partition coefficient (Wildman–Crippen LogP) is 4.66. The van der Waals surface area contributed by atoms with Crippen molar-refractivity contribution in [1.29, 1.82) is 0 Å². The minimum atomic E-state index is 0.202. The summed E-state index contributed by atoms with van der Waals surface area (Å²) in [6.07, 6.45) is 6.75. The van der Waals surface area contributed by atoms with Gasteiger partial charge in [-0.1, -0.05) is 45.4 Å². The summed E-state index contributed by atoms with van der Waals surface area (Å²) < 4.78 is 0. The number of nitrogens with zero attached hydrogens (tertiary/aromatic N) is 1. The lowest BCUT2D eigenvalue weighted by Gasteiger charge is -2.32. The van der Waals surface area contributed by atoms with Crippen LogP contribution in [-0.2, 0) is 5.41 Å². The molecule has 0 aromatic heterocycles. The molecule has 0 saturated carbocycles. The van der Waals surface area contributed by atoms with Crippen molar-refractivity contribution in [3.8, 4) is 0 Å². The van der Waals surface area contributed by atoms with Gasteiger partial charge in [0, 0.05) is 18.3 Å². The second kappa shape index (κ2) is 7.31. The monoisotopic (exact) mass is 288 g/mol. The Morgan fingerprint density at radius 3 is 2.67 bits per heavy atom. The lowest BCUT2D eigenvalue weighted by Crippen LogP contribution is -2.36. The smallest absolute Gasteiger partial charge is 0.0378 e. The molecule has 1 unspecified atom stereocenters. The first kappa shape index (κ1) is 16.4. The summed E-state index contributed by atoms with van der Waals surface area (Å²) in [5.74, 6) is 0. The molecule has 0 aliphatic carbocycles. The molecule has 1 aliphatic rings. The van der Waals surface area contributed by atoms with Gasteiger partial charge in [0.15, 0.2) is 0 Å². The molecule has 2 heteroatoms. The van der Waals surface area contributed by atoms with Crippen LogP contribution >= 0.6 is 0 Å². The molecule has 1 heterocycles. The van der Waals surface area contributed by atoms with Gasteiger partial charge in [0.05, 0.1) is 0 Å². The number of hydrogen-bond acceptors (Lipinski definition) is 2. The van der Waals surface area contributed by atoms with Crippen molar-refractivity contribution in [2.75, 3.05) is 25.5 Å². The van der Waals surface area contributed by atoms with Gasteiger partial charge in [-0.25, -0.2) is 0 Å². The number of rotatable bonds is 5. The lowest BCUT2D eigenvalue weighted by atomic mass is 9.86. The summed E-state index contributed by atoms with van der Waals surface area (Å²) in [4.78, 5) is 2.55. The first-order chi connectivity index (χ1) is 9.98. The standard InChI is InChI=1S/C19H32N2/c1-19(2,3)17-12-5-6-13-18(17)20-14-9-11-16-10-7-8-15-21(16)4/h5-6,12-13,16,20H,7-11,14-15H2,1-4H3. The zero-order chi connectivity index (χ0) is 15.3. The van der Waals surface area contributed by atoms with Gasteiger partial charge in [0.1, 0.15) is 0 Å². The Balaban J connectivity index is 1.81. The molecule has 2 rings (SSSR count). The zero-order valence-corrected chi connectivity index (χ0v) is 14.3. The van der Waals surface area contributed by atoms with E-state index < -0.39 is 0 Å². The van der Waals surface area contributed by atoms with Crippen molar-refractivity contribution < 1.29 is 0 Å². The van der Waals surface area contributed by atoms with E-state index in [9.17, 15) is 0 Å². The number of hydrogen-bond donors (Lipinski definition) is 1. The number of anilines is 1. The molecular formula is C19H32N2. The van der Waals surface area contributed by atoms with Gasteiger partial charge in [0.25, 0.3) is 0 Å². The van der Waals surface area contributed by atoms with Gasteiger partial charge in [-0.05, 0) is 56.3 Å². The van der Waals surface area contributed by atoms with Crippen LogP contribution in [0.25, 0.3) is 0 Å². The second-order valence-electron chi connectivity index (χ2n) is 7.49. The van der Waals surface area contributed by atoms with Crippen molar-refractivity contribution in [2.45, 2.75) is 64.3 Å². The highest BCUT2D eigenvalue weighted by atomic mass is 15.1. The minimum Gasteiger partial charge on any atom is -0.385 e. The Morgan fingerprint density at radius 1 is 1.19 bits per heavy atom. The third-order valence-corrected chi connectivity index (χ3v) is 4.69. The maximum atomic E-state index is 3.66. The van der Waals surface area contributed by atoms with Crippen LogP contribution in [0.2, 0.25) is 0 Å². The van der Waals surface area contributed by atoms with Gasteiger partial charge in [-0.2, -0.15) is 0 Å². The van der Waals surface area contributed by atoms with E-state index in [-0.39, 0.29) is 5.41 Å². The molecule has 1 aromatic rings. The number of likely N-dealkylation sites (tertiary alicyclic amines) is 1. The fraction of sp³-hybridized carbons (Fsp3) is 0.684. The molecule has 1 saturated heterocycles. The molecular weight excluding hydrogens is 256 g/mol. The maximum Gasteiger partial charge on any atom is 0.0378 e. The van der Waals surface area contributed by atoms with Crippen LogP contribution < -0.4 is 5.32 Å². The first-order valence-electron chi connectivity index (χ1n) is 8.52. The van der Waals surface area contributed by atoms with Gasteiger partial charge in [0.2, 0.25) is 0 Å². The first-order valence-corrected chi connectivity index (χ1v) is 8.52. The van der Waals surface area contributed by atoms with Crippen molar-refractivity contribution in [2.24, 2.45) is 0 Å². The molecule has 0 spiro atoms. The summed E-state index contributed by atoms with van der Waals surface area (Å²) in [6.45, 7) is 9.21. The third-order valence-electron chi connectivity index (χ3n) is 4.69. The topological polar surface area (TPSA) is 15.3 Å². The van der Waals surface area contributed by atoms with Crippen LogP contribution in [0.4, 0.5) is 5.69 Å². The van der Waals surface area contributed by atoms with E-state index in [2.05, 4.69) is 62.3 Å². The minimum absolute atomic E-state index is 0.202. The zero-order valence-electron chi connectivity index (χ0n) is 14.3.